The number of guanidine groups is 1. The number of nitrogens with zero attached hydrogens (tertiary/aromatic N) is 2. The molecule has 0 aromatic carbocycles. The highest BCUT2D eigenvalue weighted by molar-refractivity contribution is 5.79. The van der Waals surface area contributed by atoms with Crippen molar-refractivity contribution in [2.75, 3.05) is 53.0 Å². The number of rotatable bonds is 9. The zero-order chi connectivity index (χ0) is 15.3. The summed E-state index contributed by atoms with van der Waals surface area (Å²) in [7, 11) is 1.81. The average molecular weight is 298 g/mol. The number of unbranched alkanes of at least 4 members (excludes halogenated alkanes) is 1. The lowest BCUT2D eigenvalue weighted by Gasteiger charge is -2.30. The Hall–Kier alpha value is -0.810. The van der Waals surface area contributed by atoms with Crippen LogP contribution < -0.4 is 10.6 Å². The molecule has 1 heterocycles. The topological polar surface area (TPSA) is 48.9 Å². The lowest BCUT2D eigenvalue weighted by atomic mass is 9.99. The summed E-state index contributed by atoms with van der Waals surface area (Å²) in [6.07, 6.45) is 5.19. The first kappa shape index (κ1) is 18.2. The number of nitrogens with one attached hydrogen (secondary N) is 2. The molecule has 124 valence electrons. The van der Waals surface area contributed by atoms with E-state index >= 15 is 0 Å². The van der Waals surface area contributed by atoms with Gasteiger partial charge in [0, 0.05) is 26.7 Å². The summed E-state index contributed by atoms with van der Waals surface area (Å²) in [6.45, 7) is 11.5. The van der Waals surface area contributed by atoms with E-state index in [0.29, 0.717) is 0 Å². The fourth-order valence-corrected chi connectivity index (χ4v) is 2.56. The van der Waals surface area contributed by atoms with Crippen LogP contribution in [0.1, 0.15) is 39.5 Å². The maximum absolute atomic E-state index is 5.30. The summed E-state index contributed by atoms with van der Waals surface area (Å²) >= 11 is 0. The molecule has 0 unspecified atom stereocenters. The molecule has 5 nitrogen and oxygen atoms in total. The molecule has 0 aromatic heterocycles. The first-order chi connectivity index (χ1) is 10.3. The number of ether oxygens (including phenoxy) is 1. The molecular weight excluding hydrogens is 264 g/mol. The van der Waals surface area contributed by atoms with Gasteiger partial charge in [-0.3, -0.25) is 4.99 Å². The monoisotopic (exact) mass is 298 g/mol. The molecule has 0 aromatic rings. The van der Waals surface area contributed by atoms with Crippen molar-refractivity contribution in [3.05, 3.63) is 0 Å². The van der Waals surface area contributed by atoms with Gasteiger partial charge in [0.2, 0.25) is 0 Å². The Labute approximate surface area is 130 Å². The Morgan fingerprint density at radius 2 is 1.90 bits per heavy atom. The number of hydrogen-bond acceptors (Lipinski definition) is 3. The minimum absolute atomic E-state index is 0.727. The van der Waals surface area contributed by atoms with Gasteiger partial charge in [0.15, 0.2) is 5.96 Å². The fraction of sp³-hybridized carbons (Fsp3) is 0.938. The van der Waals surface area contributed by atoms with Gasteiger partial charge in [0.1, 0.15) is 0 Å². The van der Waals surface area contributed by atoms with Crippen LogP contribution in [0.2, 0.25) is 0 Å². The Kier molecular flexibility index (Phi) is 10.3. The Bertz CT molecular complexity index is 275. The van der Waals surface area contributed by atoms with Crippen molar-refractivity contribution in [1.29, 1.82) is 0 Å². The highest BCUT2D eigenvalue weighted by Crippen LogP contribution is 2.15. The SMILES string of the molecule is CCOCCNC(=NC)NCCCCN1CCC(C)CC1. The molecule has 21 heavy (non-hydrogen) atoms. The van der Waals surface area contributed by atoms with Crippen LogP contribution in [-0.2, 0) is 4.74 Å². The van der Waals surface area contributed by atoms with E-state index in [1.165, 1.54) is 45.3 Å². The molecule has 0 aliphatic carbocycles. The highest BCUT2D eigenvalue weighted by Gasteiger charge is 2.14. The average Bonchev–Trinajstić information content (AvgIpc) is 2.51. The Morgan fingerprint density at radius 1 is 1.19 bits per heavy atom. The number of aliphatic imine (C=N–C) groups is 1. The van der Waals surface area contributed by atoms with Gasteiger partial charge in [0.25, 0.3) is 0 Å². The second-order valence-electron chi connectivity index (χ2n) is 5.85. The number of hydrogen-bond donors (Lipinski definition) is 2. The molecular formula is C16H34N4O. The molecule has 0 radical (unpaired) electrons. The lowest BCUT2D eigenvalue weighted by Crippen LogP contribution is -2.39. The molecule has 1 aliphatic heterocycles. The maximum Gasteiger partial charge on any atom is 0.191 e. The second kappa shape index (κ2) is 11.8. The molecule has 0 bridgehead atoms. The molecule has 0 amide bonds. The van der Waals surface area contributed by atoms with Gasteiger partial charge >= 0.3 is 0 Å². The third kappa shape index (κ3) is 8.94. The lowest BCUT2D eigenvalue weighted by molar-refractivity contribution is 0.152. The molecule has 1 rings (SSSR count). The van der Waals surface area contributed by atoms with E-state index in [1.54, 1.807) is 0 Å². The summed E-state index contributed by atoms with van der Waals surface area (Å²) in [5, 5.41) is 6.61. The van der Waals surface area contributed by atoms with Gasteiger partial charge in [-0.05, 0) is 58.2 Å². The summed E-state index contributed by atoms with van der Waals surface area (Å²) in [4.78, 5) is 6.82. The summed E-state index contributed by atoms with van der Waals surface area (Å²) in [6, 6.07) is 0. The Balaban J connectivity index is 1.97. The molecule has 1 fully saturated rings. The largest absolute Gasteiger partial charge is 0.380 e. The van der Waals surface area contributed by atoms with Crippen LogP contribution in [0.5, 0.6) is 0 Å². The van der Waals surface area contributed by atoms with Gasteiger partial charge in [0.05, 0.1) is 6.61 Å². The first-order valence-corrected chi connectivity index (χ1v) is 8.50. The van der Waals surface area contributed by atoms with Crippen molar-refractivity contribution in [2.24, 2.45) is 10.9 Å². The standard InChI is InChI=1S/C16H34N4O/c1-4-21-14-10-19-16(17-3)18-9-5-6-11-20-12-7-15(2)8-13-20/h15H,4-14H2,1-3H3,(H2,17,18,19). The van der Waals surface area contributed by atoms with E-state index in [9.17, 15) is 0 Å². The van der Waals surface area contributed by atoms with E-state index in [4.69, 9.17) is 4.74 Å². The van der Waals surface area contributed by atoms with Crippen LogP contribution in [0, 0.1) is 5.92 Å². The zero-order valence-corrected chi connectivity index (χ0v) is 14.2. The third-order valence-electron chi connectivity index (χ3n) is 4.04. The summed E-state index contributed by atoms with van der Waals surface area (Å²) in [5.41, 5.74) is 0. The zero-order valence-electron chi connectivity index (χ0n) is 14.2. The van der Waals surface area contributed by atoms with Gasteiger partial charge in [-0.25, -0.2) is 0 Å². The van der Waals surface area contributed by atoms with Gasteiger partial charge in [-0.15, -0.1) is 0 Å². The van der Waals surface area contributed by atoms with Crippen molar-refractivity contribution in [3.63, 3.8) is 0 Å². The van der Waals surface area contributed by atoms with Crippen LogP contribution in [0.25, 0.3) is 0 Å². The van der Waals surface area contributed by atoms with Crippen molar-refractivity contribution in [3.8, 4) is 0 Å². The summed E-state index contributed by atoms with van der Waals surface area (Å²) in [5.74, 6) is 1.80. The van der Waals surface area contributed by atoms with E-state index in [0.717, 1.165) is 38.2 Å². The first-order valence-electron chi connectivity index (χ1n) is 8.50. The Morgan fingerprint density at radius 3 is 2.57 bits per heavy atom. The molecule has 0 atom stereocenters. The maximum atomic E-state index is 5.30. The second-order valence-corrected chi connectivity index (χ2v) is 5.85. The minimum Gasteiger partial charge on any atom is -0.380 e. The van der Waals surface area contributed by atoms with Crippen molar-refractivity contribution in [1.82, 2.24) is 15.5 Å². The molecule has 2 N–H and O–H groups in total. The van der Waals surface area contributed by atoms with Gasteiger partial charge < -0.3 is 20.3 Å². The van der Waals surface area contributed by atoms with Crippen molar-refractivity contribution < 1.29 is 4.74 Å². The predicted molar refractivity (Wildman–Crippen MR) is 89.9 cm³/mol. The van der Waals surface area contributed by atoms with Crippen LogP contribution >= 0.6 is 0 Å². The normalized spacial score (nSPS) is 18.0. The molecule has 5 heteroatoms. The van der Waals surface area contributed by atoms with E-state index < -0.39 is 0 Å². The van der Waals surface area contributed by atoms with Crippen molar-refractivity contribution in [2.45, 2.75) is 39.5 Å². The van der Waals surface area contributed by atoms with E-state index in [-0.39, 0.29) is 0 Å². The fourth-order valence-electron chi connectivity index (χ4n) is 2.56. The minimum atomic E-state index is 0.727. The molecule has 0 spiro atoms. The van der Waals surface area contributed by atoms with Gasteiger partial charge in [-0.1, -0.05) is 6.92 Å². The predicted octanol–water partition coefficient (Wildman–Crippen LogP) is 1.70. The molecule has 1 saturated heterocycles. The van der Waals surface area contributed by atoms with E-state index in [2.05, 4.69) is 27.4 Å². The highest BCUT2D eigenvalue weighted by atomic mass is 16.5. The van der Waals surface area contributed by atoms with Crippen LogP contribution in [-0.4, -0.2) is 63.8 Å². The van der Waals surface area contributed by atoms with Crippen molar-refractivity contribution >= 4 is 5.96 Å². The molecule has 1 aliphatic rings. The smallest absolute Gasteiger partial charge is 0.191 e. The summed E-state index contributed by atoms with van der Waals surface area (Å²) < 4.78 is 5.30. The van der Waals surface area contributed by atoms with Crippen LogP contribution in [0.4, 0.5) is 0 Å². The number of piperidine rings is 1. The van der Waals surface area contributed by atoms with Gasteiger partial charge in [-0.2, -0.15) is 0 Å². The quantitative estimate of drug-likeness (QED) is 0.386. The van der Waals surface area contributed by atoms with Crippen LogP contribution in [0.3, 0.4) is 0 Å². The molecule has 0 saturated carbocycles. The van der Waals surface area contributed by atoms with Crippen LogP contribution in [0.15, 0.2) is 4.99 Å². The third-order valence-corrected chi connectivity index (χ3v) is 4.04. The number of likely N-dealkylation sites (tertiary alicyclic amines) is 1. The van der Waals surface area contributed by atoms with E-state index in [1.807, 2.05) is 14.0 Å².